The van der Waals surface area contributed by atoms with Gasteiger partial charge in [0.15, 0.2) is 0 Å². The molecule has 0 unspecified atom stereocenters. The lowest BCUT2D eigenvalue weighted by molar-refractivity contribution is -0.156. The summed E-state index contributed by atoms with van der Waals surface area (Å²) in [6.07, 6.45) is -6.18. The van der Waals surface area contributed by atoms with E-state index in [0.717, 1.165) is 16.7 Å². The van der Waals surface area contributed by atoms with Gasteiger partial charge in [-0.15, -0.1) is 0 Å². The summed E-state index contributed by atoms with van der Waals surface area (Å²) in [6.45, 7) is 6.36. The highest BCUT2D eigenvalue weighted by molar-refractivity contribution is 5.76. The quantitative estimate of drug-likeness (QED) is 0.841. The first kappa shape index (κ1) is 17.8. The molecular weight excluding hydrogens is 307 g/mol. The number of halogens is 3. The fourth-order valence-electron chi connectivity index (χ4n) is 2.79. The van der Waals surface area contributed by atoms with E-state index < -0.39 is 24.9 Å². The Morgan fingerprint density at radius 3 is 2.70 bits per heavy atom. The summed E-state index contributed by atoms with van der Waals surface area (Å²) in [7, 11) is 0. The maximum absolute atomic E-state index is 12.3. The number of morpholine rings is 1. The van der Waals surface area contributed by atoms with Gasteiger partial charge in [-0.1, -0.05) is 23.8 Å². The molecule has 2 atom stereocenters. The van der Waals surface area contributed by atoms with E-state index in [1.165, 1.54) is 4.90 Å². The van der Waals surface area contributed by atoms with Crippen LogP contribution in [0.5, 0.6) is 0 Å². The van der Waals surface area contributed by atoms with Gasteiger partial charge in [0.05, 0.1) is 25.6 Å². The van der Waals surface area contributed by atoms with E-state index in [4.69, 9.17) is 4.74 Å². The minimum absolute atomic E-state index is 0.211. The lowest BCUT2D eigenvalue weighted by Gasteiger charge is -2.39. The van der Waals surface area contributed by atoms with E-state index in [2.05, 4.69) is 0 Å². The van der Waals surface area contributed by atoms with E-state index in [0.29, 0.717) is 13.2 Å². The van der Waals surface area contributed by atoms with Gasteiger partial charge in [0.1, 0.15) is 6.10 Å². The predicted molar refractivity (Wildman–Crippen MR) is 81.1 cm³/mol. The number of nitrogens with zero attached hydrogens (tertiary/aromatic N) is 1. The van der Waals surface area contributed by atoms with E-state index in [-0.39, 0.29) is 12.1 Å². The van der Waals surface area contributed by atoms with Gasteiger partial charge in [0.25, 0.3) is 0 Å². The van der Waals surface area contributed by atoms with Gasteiger partial charge in [-0.05, 0) is 31.9 Å². The molecule has 0 bridgehead atoms. The van der Waals surface area contributed by atoms with E-state index in [1.54, 1.807) is 6.92 Å². The molecule has 1 aliphatic rings. The second kappa shape index (κ2) is 6.91. The van der Waals surface area contributed by atoms with Crippen LogP contribution in [0, 0.1) is 13.8 Å². The van der Waals surface area contributed by atoms with Gasteiger partial charge in [-0.3, -0.25) is 4.79 Å². The predicted octanol–water partition coefficient (Wildman–Crippen LogP) is 3.93. The lowest BCUT2D eigenvalue weighted by atomic mass is 9.98. The molecule has 1 saturated heterocycles. The number of hydrogen-bond donors (Lipinski definition) is 0. The van der Waals surface area contributed by atoms with Crippen LogP contribution in [0.2, 0.25) is 0 Å². The van der Waals surface area contributed by atoms with Crippen molar-refractivity contribution >= 4 is 5.91 Å². The molecule has 1 aliphatic heterocycles. The van der Waals surface area contributed by atoms with Crippen LogP contribution >= 0.6 is 0 Å². The number of amides is 1. The van der Waals surface area contributed by atoms with Gasteiger partial charge >= 0.3 is 6.18 Å². The highest BCUT2D eigenvalue weighted by atomic mass is 19.4. The number of rotatable bonds is 3. The molecule has 1 amide bonds. The Morgan fingerprint density at radius 2 is 2.04 bits per heavy atom. The molecule has 2 rings (SSSR count). The third-order valence-corrected chi connectivity index (χ3v) is 4.16. The summed E-state index contributed by atoms with van der Waals surface area (Å²) in [5.41, 5.74) is 3.13. The van der Waals surface area contributed by atoms with Crippen LogP contribution in [0.25, 0.3) is 0 Å². The molecule has 0 N–H and O–H groups in total. The summed E-state index contributed by atoms with van der Waals surface area (Å²) < 4.78 is 42.8. The maximum atomic E-state index is 12.3. The van der Waals surface area contributed by atoms with Crippen LogP contribution in [-0.4, -0.2) is 36.2 Å². The van der Waals surface area contributed by atoms with Crippen LogP contribution in [0.4, 0.5) is 13.2 Å². The van der Waals surface area contributed by atoms with Crippen molar-refractivity contribution in [1.82, 2.24) is 4.90 Å². The van der Waals surface area contributed by atoms with Crippen molar-refractivity contribution in [2.24, 2.45) is 0 Å². The average molecular weight is 329 g/mol. The van der Waals surface area contributed by atoms with E-state index in [9.17, 15) is 18.0 Å². The second-order valence-corrected chi connectivity index (χ2v) is 6.19. The zero-order valence-electron chi connectivity index (χ0n) is 13.6. The summed E-state index contributed by atoms with van der Waals surface area (Å²) in [5, 5.41) is 0. The molecule has 128 valence electrons. The minimum Gasteiger partial charge on any atom is -0.370 e. The highest BCUT2D eigenvalue weighted by Gasteiger charge is 2.34. The molecule has 0 spiro atoms. The topological polar surface area (TPSA) is 29.5 Å². The van der Waals surface area contributed by atoms with Crippen molar-refractivity contribution in [1.29, 1.82) is 0 Å². The fourth-order valence-corrected chi connectivity index (χ4v) is 2.79. The second-order valence-electron chi connectivity index (χ2n) is 6.19. The van der Waals surface area contributed by atoms with Gasteiger partial charge in [0.2, 0.25) is 5.91 Å². The number of carbonyl (C=O) groups is 1. The van der Waals surface area contributed by atoms with Crippen LogP contribution in [0.1, 0.15) is 42.6 Å². The van der Waals surface area contributed by atoms with Crippen LogP contribution < -0.4 is 0 Å². The molecule has 3 nitrogen and oxygen atoms in total. The van der Waals surface area contributed by atoms with Gasteiger partial charge < -0.3 is 9.64 Å². The molecule has 0 aliphatic carbocycles. The van der Waals surface area contributed by atoms with Crippen molar-refractivity contribution in [3.8, 4) is 0 Å². The van der Waals surface area contributed by atoms with Crippen molar-refractivity contribution in [2.75, 3.05) is 13.2 Å². The smallest absolute Gasteiger partial charge is 0.370 e. The number of aryl methyl sites for hydroxylation is 2. The molecule has 23 heavy (non-hydrogen) atoms. The van der Waals surface area contributed by atoms with Crippen LogP contribution in [0.15, 0.2) is 18.2 Å². The fraction of sp³-hybridized carbons (Fsp3) is 0.588. The average Bonchev–Trinajstić information content (AvgIpc) is 2.47. The number of hydrogen-bond acceptors (Lipinski definition) is 2. The first-order valence-electron chi connectivity index (χ1n) is 7.72. The summed E-state index contributed by atoms with van der Waals surface area (Å²) in [4.78, 5) is 13.7. The summed E-state index contributed by atoms with van der Waals surface area (Å²) in [5.74, 6) is -0.464. The first-order chi connectivity index (χ1) is 10.7. The van der Waals surface area contributed by atoms with Gasteiger partial charge in [-0.25, -0.2) is 0 Å². The molecule has 1 heterocycles. The lowest BCUT2D eigenvalue weighted by Crippen LogP contribution is -2.48. The molecule has 0 aromatic heterocycles. The number of alkyl halides is 3. The molecule has 6 heteroatoms. The SMILES string of the molecule is Cc1ccc(C)c([C@H]2CN(C(=O)CCC(F)(F)F)[C@@H](C)CO2)c1. The number of benzene rings is 1. The van der Waals surface area contributed by atoms with E-state index >= 15 is 0 Å². The third-order valence-electron chi connectivity index (χ3n) is 4.16. The molecule has 1 aromatic carbocycles. The van der Waals surface area contributed by atoms with Gasteiger partial charge in [0, 0.05) is 6.42 Å². The molecule has 1 fully saturated rings. The van der Waals surface area contributed by atoms with E-state index in [1.807, 2.05) is 32.0 Å². The Morgan fingerprint density at radius 1 is 1.35 bits per heavy atom. The van der Waals surface area contributed by atoms with Crippen molar-refractivity contribution in [3.63, 3.8) is 0 Å². The zero-order valence-corrected chi connectivity index (χ0v) is 13.6. The Balaban J connectivity index is 2.09. The molecule has 0 radical (unpaired) electrons. The Bertz CT molecular complexity index is 571. The van der Waals surface area contributed by atoms with Crippen LogP contribution in [0.3, 0.4) is 0 Å². The molecule has 1 aromatic rings. The number of ether oxygens (including phenoxy) is 1. The summed E-state index contributed by atoms with van der Waals surface area (Å²) in [6, 6.07) is 5.78. The van der Waals surface area contributed by atoms with Crippen molar-refractivity contribution in [3.05, 3.63) is 34.9 Å². The normalized spacial score (nSPS) is 22.3. The Kier molecular flexibility index (Phi) is 5.34. The minimum atomic E-state index is -4.31. The Hall–Kier alpha value is -1.56. The first-order valence-corrected chi connectivity index (χ1v) is 7.72. The highest BCUT2D eigenvalue weighted by Crippen LogP contribution is 2.29. The largest absolute Gasteiger partial charge is 0.389 e. The standard InChI is InChI=1S/C17H22F3NO2/c1-11-4-5-12(2)14(8-11)15-9-21(13(3)10-23-15)16(22)6-7-17(18,19)20/h4-5,8,13,15H,6-7,9-10H2,1-3H3/t13-,15+/m0/s1. The third kappa shape index (κ3) is 4.70. The Labute approximate surface area is 134 Å². The monoisotopic (exact) mass is 329 g/mol. The van der Waals surface area contributed by atoms with Gasteiger partial charge in [-0.2, -0.15) is 13.2 Å². The number of carbonyl (C=O) groups excluding carboxylic acids is 1. The zero-order chi connectivity index (χ0) is 17.2. The van der Waals surface area contributed by atoms with Crippen LogP contribution in [-0.2, 0) is 9.53 Å². The molecular formula is C17H22F3NO2. The maximum Gasteiger partial charge on any atom is 0.389 e. The van der Waals surface area contributed by atoms with Crippen molar-refractivity contribution < 1.29 is 22.7 Å². The molecule has 0 saturated carbocycles. The summed E-state index contributed by atoms with van der Waals surface area (Å²) >= 11 is 0. The van der Waals surface area contributed by atoms with Crippen molar-refractivity contribution in [2.45, 2.75) is 51.9 Å².